The molecule has 0 aromatic heterocycles. The SMILES string of the molecule is CNCc1ccc2c(c1OC)OCO2.Cl. The standard InChI is InChI=1S/C10H13NO3.ClH/c1-11-5-7-3-4-8-10(9(7)12-2)14-6-13-8;/h3-4,11H,5-6H2,1-2H3;1H. The Morgan fingerprint density at radius 1 is 1.40 bits per heavy atom. The van der Waals surface area contributed by atoms with Crippen LogP contribution in [0, 0.1) is 0 Å². The molecule has 0 aliphatic carbocycles. The van der Waals surface area contributed by atoms with Crippen LogP contribution in [-0.4, -0.2) is 21.0 Å². The summed E-state index contributed by atoms with van der Waals surface area (Å²) in [6.45, 7) is 1.02. The number of methoxy groups -OCH3 is 1. The van der Waals surface area contributed by atoms with Crippen molar-refractivity contribution in [3.63, 3.8) is 0 Å². The lowest BCUT2D eigenvalue weighted by atomic mass is 10.1. The third-order valence-corrected chi connectivity index (χ3v) is 2.15. The number of halogens is 1. The van der Waals surface area contributed by atoms with E-state index in [4.69, 9.17) is 14.2 Å². The summed E-state index contributed by atoms with van der Waals surface area (Å²) in [6.07, 6.45) is 0. The van der Waals surface area contributed by atoms with E-state index >= 15 is 0 Å². The van der Waals surface area contributed by atoms with Crippen LogP contribution in [0.5, 0.6) is 17.2 Å². The van der Waals surface area contributed by atoms with Gasteiger partial charge in [-0.05, 0) is 13.1 Å². The molecule has 15 heavy (non-hydrogen) atoms. The van der Waals surface area contributed by atoms with Crippen molar-refractivity contribution in [3.8, 4) is 17.2 Å². The van der Waals surface area contributed by atoms with Crippen LogP contribution in [-0.2, 0) is 6.54 Å². The Kier molecular flexibility index (Phi) is 4.05. The molecule has 0 amide bonds. The van der Waals surface area contributed by atoms with Crippen molar-refractivity contribution in [1.82, 2.24) is 5.32 Å². The van der Waals surface area contributed by atoms with Crippen LogP contribution >= 0.6 is 12.4 Å². The Balaban J connectivity index is 0.00000112. The predicted molar refractivity (Wildman–Crippen MR) is 59.1 cm³/mol. The maximum Gasteiger partial charge on any atom is 0.231 e. The molecular formula is C10H14ClNO3. The average Bonchev–Trinajstić information content (AvgIpc) is 2.66. The molecule has 1 heterocycles. The summed E-state index contributed by atoms with van der Waals surface area (Å²) >= 11 is 0. The molecule has 1 aliphatic heterocycles. The molecule has 0 fully saturated rings. The lowest BCUT2D eigenvalue weighted by Crippen LogP contribution is -2.06. The van der Waals surface area contributed by atoms with Crippen molar-refractivity contribution in [2.45, 2.75) is 6.54 Å². The highest BCUT2D eigenvalue weighted by atomic mass is 35.5. The summed E-state index contributed by atoms with van der Waals surface area (Å²) in [5.41, 5.74) is 1.07. The first-order valence-corrected chi connectivity index (χ1v) is 4.47. The van der Waals surface area contributed by atoms with Crippen molar-refractivity contribution in [3.05, 3.63) is 17.7 Å². The van der Waals surface area contributed by atoms with Gasteiger partial charge in [-0.2, -0.15) is 0 Å². The first-order valence-electron chi connectivity index (χ1n) is 4.47. The number of ether oxygens (including phenoxy) is 3. The number of hydrogen-bond donors (Lipinski definition) is 1. The van der Waals surface area contributed by atoms with Gasteiger partial charge in [0.1, 0.15) is 0 Å². The maximum atomic E-state index is 5.33. The second-order valence-corrected chi connectivity index (χ2v) is 3.02. The molecule has 0 saturated heterocycles. The molecule has 1 aromatic carbocycles. The highest BCUT2D eigenvalue weighted by Gasteiger charge is 2.20. The van der Waals surface area contributed by atoms with Crippen LogP contribution in [0.1, 0.15) is 5.56 Å². The topological polar surface area (TPSA) is 39.7 Å². The third kappa shape index (κ3) is 2.11. The Morgan fingerprint density at radius 2 is 2.20 bits per heavy atom. The highest BCUT2D eigenvalue weighted by molar-refractivity contribution is 5.85. The van der Waals surface area contributed by atoms with Crippen molar-refractivity contribution in [2.75, 3.05) is 21.0 Å². The van der Waals surface area contributed by atoms with Crippen molar-refractivity contribution < 1.29 is 14.2 Å². The molecule has 4 nitrogen and oxygen atoms in total. The lowest BCUT2D eigenvalue weighted by Gasteiger charge is -2.10. The van der Waals surface area contributed by atoms with Crippen LogP contribution < -0.4 is 19.5 Å². The zero-order chi connectivity index (χ0) is 9.97. The number of benzene rings is 1. The molecule has 0 unspecified atom stereocenters. The van der Waals surface area contributed by atoms with Gasteiger partial charge in [0, 0.05) is 12.1 Å². The monoisotopic (exact) mass is 231 g/mol. The van der Waals surface area contributed by atoms with Gasteiger partial charge in [0.05, 0.1) is 7.11 Å². The Hall–Kier alpha value is -1.13. The molecule has 5 heteroatoms. The Labute approximate surface area is 94.9 Å². The smallest absolute Gasteiger partial charge is 0.231 e. The minimum absolute atomic E-state index is 0. The molecular weight excluding hydrogens is 218 g/mol. The molecule has 1 aliphatic rings. The second kappa shape index (κ2) is 5.09. The average molecular weight is 232 g/mol. The fourth-order valence-electron chi connectivity index (χ4n) is 1.54. The summed E-state index contributed by atoms with van der Waals surface area (Å²) in [5.74, 6) is 2.22. The summed E-state index contributed by atoms with van der Waals surface area (Å²) in [5, 5.41) is 3.07. The van der Waals surface area contributed by atoms with Crippen molar-refractivity contribution in [2.24, 2.45) is 0 Å². The fraction of sp³-hybridized carbons (Fsp3) is 0.400. The van der Waals surface area contributed by atoms with E-state index in [1.807, 2.05) is 19.2 Å². The van der Waals surface area contributed by atoms with Gasteiger partial charge in [-0.15, -0.1) is 12.4 Å². The second-order valence-electron chi connectivity index (χ2n) is 3.02. The minimum Gasteiger partial charge on any atom is -0.492 e. The summed E-state index contributed by atoms with van der Waals surface area (Å²) in [6, 6.07) is 3.88. The highest BCUT2D eigenvalue weighted by Crippen LogP contribution is 2.42. The van der Waals surface area contributed by atoms with Crippen LogP contribution in [0.3, 0.4) is 0 Å². The van der Waals surface area contributed by atoms with E-state index in [-0.39, 0.29) is 19.2 Å². The van der Waals surface area contributed by atoms with E-state index in [0.29, 0.717) is 5.75 Å². The molecule has 2 rings (SSSR count). The zero-order valence-corrected chi connectivity index (χ0v) is 9.52. The minimum atomic E-state index is 0. The lowest BCUT2D eigenvalue weighted by molar-refractivity contribution is 0.171. The summed E-state index contributed by atoms with van der Waals surface area (Å²) in [7, 11) is 3.53. The molecule has 0 atom stereocenters. The fourth-order valence-corrected chi connectivity index (χ4v) is 1.54. The van der Waals surface area contributed by atoms with Crippen molar-refractivity contribution in [1.29, 1.82) is 0 Å². The molecule has 84 valence electrons. The number of fused-ring (bicyclic) bond motifs is 1. The molecule has 0 bridgehead atoms. The predicted octanol–water partition coefficient (Wildman–Crippen LogP) is 1.57. The molecule has 0 saturated carbocycles. The summed E-state index contributed by atoms with van der Waals surface area (Å²) < 4.78 is 15.9. The van der Waals surface area contributed by atoms with Gasteiger partial charge in [0.15, 0.2) is 11.5 Å². The number of nitrogens with one attached hydrogen (secondary N) is 1. The first-order chi connectivity index (χ1) is 6.86. The molecule has 0 spiro atoms. The summed E-state index contributed by atoms with van der Waals surface area (Å²) in [4.78, 5) is 0. The van der Waals surface area contributed by atoms with Gasteiger partial charge in [-0.1, -0.05) is 6.07 Å². The molecule has 1 aromatic rings. The van der Waals surface area contributed by atoms with E-state index in [9.17, 15) is 0 Å². The van der Waals surface area contributed by atoms with E-state index in [0.717, 1.165) is 23.6 Å². The maximum absolute atomic E-state index is 5.33. The molecule has 0 radical (unpaired) electrons. The van der Waals surface area contributed by atoms with Crippen LogP contribution in [0.4, 0.5) is 0 Å². The van der Waals surface area contributed by atoms with Crippen molar-refractivity contribution >= 4 is 12.4 Å². The van der Waals surface area contributed by atoms with E-state index < -0.39 is 0 Å². The van der Waals surface area contributed by atoms with Crippen LogP contribution in [0.2, 0.25) is 0 Å². The quantitative estimate of drug-likeness (QED) is 0.857. The van der Waals surface area contributed by atoms with Crippen LogP contribution in [0.25, 0.3) is 0 Å². The van der Waals surface area contributed by atoms with E-state index in [1.165, 1.54) is 0 Å². The normalized spacial score (nSPS) is 12.1. The van der Waals surface area contributed by atoms with Gasteiger partial charge in [-0.25, -0.2) is 0 Å². The largest absolute Gasteiger partial charge is 0.492 e. The van der Waals surface area contributed by atoms with Gasteiger partial charge in [0.25, 0.3) is 0 Å². The zero-order valence-electron chi connectivity index (χ0n) is 8.70. The molecule has 1 N–H and O–H groups in total. The van der Waals surface area contributed by atoms with Gasteiger partial charge in [-0.3, -0.25) is 0 Å². The Morgan fingerprint density at radius 3 is 2.87 bits per heavy atom. The first kappa shape index (κ1) is 11.9. The van der Waals surface area contributed by atoms with Gasteiger partial charge in [0.2, 0.25) is 12.5 Å². The Bertz CT molecular complexity index is 344. The number of hydrogen-bond acceptors (Lipinski definition) is 4. The third-order valence-electron chi connectivity index (χ3n) is 2.15. The van der Waals surface area contributed by atoms with Gasteiger partial charge >= 0.3 is 0 Å². The van der Waals surface area contributed by atoms with Gasteiger partial charge < -0.3 is 19.5 Å². The number of rotatable bonds is 3. The van der Waals surface area contributed by atoms with E-state index in [1.54, 1.807) is 7.11 Å². The van der Waals surface area contributed by atoms with Crippen LogP contribution in [0.15, 0.2) is 12.1 Å². The van der Waals surface area contributed by atoms with E-state index in [2.05, 4.69) is 5.32 Å².